The predicted octanol–water partition coefficient (Wildman–Crippen LogP) is 3.20. The molecule has 3 N–H and O–H groups in total. The molecule has 1 aliphatic heterocycles. The molecule has 10 heteroatoms. The van der Waals surface area contributed by atoms with Gasteiger partial charge in [0.2, 0.25) is 11.5 Å². The number of hydrogen-bond acceptors (Lipinski definition) is 4. The number of amides is 2. The van der Waals surface area contributed by atoms with E-state index in [0.29, 0.717) is 28.8 Å². The third-order valence-electron chi connectivity index (χ3n) is 6.13. The van der Waals surface area contributed by atoms with Crippen LogP contribution in [0.3, 0.4) is 0 Å². The number of carbonyl (C=O) groups excluding carboxylic acids is 2. The average Bonchev–Trinajstić information content (AvgIpc) is 3.47. The topological polar surface area (TPSA) is 116 Å². The van der Waals surface area contributed by atoms with Crippen LogP contribution in [-0.2, 0) is 11.3 Å². The summed E-state index contributed by atoms with van der Waals surface area (Å²) in [5, 5.41) is 10.3. The van der Waals surface area contributed by atoms with Crippen LogP contribution in [0, 0.1) is 5.82 Å². The van der Waals surface area contributed by atoms with E-state index in [1.54, 1.807) is 35.0 Å². The molecule has 1 fully saturated rings. The van der Waals surface area contributed by atoms with Crippen LogP contribution in [0.25, 0.3) is 10.9 Å². The third-order valence-corrected chi connectivity index (χ3v) is 6.13. The minimum atomic E-state index is -0.405. The Kier molecular flexibility index (Phi) is 5.70. The Morgan fingerprint density at radius 2 is 2.06 bits per heavy atom. The molecule has 0 bridgehead atoms. The maximum absolute atomic E-state index is 14.0. The molecule has 5 rings (SSSR count). The largest absolute Gasteiger partial charge is 0.338 e. The second kappa shape index (κ2) is 8.97. The monoisotopic (exact) mass is 462 g/mol. The van der Waals surface area contributed by atoms with Crippen LogP contribution in [0.5, 0.6) is 0 Å². The van der Waals surface area contributed by atoms with Crippen LogP contribution in [0.4, 0.5) is 10.2 Å². The summed E-state index contributed by atoms with van der Waals surface area (Å²) in [7, 11) is 0. The van der Waals surface area contributed by atoms with Crippen LogP contribution >= 0.6 is 0 Å². The molecule has 0 radical (unpaired) electrons. The van der Waals surface area contributed by atoms with Crippen molar-refractivity contribution in [2.24, 2.45) is 0 Å². The van der Waals surface area contributed by atoms with Crippen LogP contribution in [0.2, 0.25) is 0 Å². The van der Waals surface area contributed by atoms with E-state index < -0.39 is 5.91 Å². The molecule has 0 saturated carbocycles. The Morgan fingerprint density at radius 3 is 2.88 bits per heavy atom. The Hall–Kier alpha value is -4.21. The highest BCUT2D eigenvalue weighted by Crippen LogP contribution is 2.31. The van der Waals surface area contributed by atoms with Crippen molar-refractivity contribution in [3.05, 3.63) is 82.3 Å². The molecule has 174 valence electrons. The third kappa shape index (κ3) is 4.21. The summed E-state index contributed by atoms with van der Waals surface area (Å²) in [6.07, 6.45) is 5.69. The Bertz CT molecular complexity index is 1400. The number of nitrogens with zero attached hydrogens (tertiary/aromatic N) is 3. The lowest BCUT2D eigenvalue weighted by atomic mass is 9.99. The summed E-state index contributed by atoms with van der Waals surface area (Å²) in [6, 6.07) is 10.7. The molecule has 1 aromatic carbocycles. The first-order valence-corrected chi connectivity index (χ1v) is 11.1. The summed E-state index contributed by atoms with van der Waals surface area (Å²) in [6.45, 7) is 0.711. The number of likely N-dealkylation sites (tertiary alicyclic amines) is 1. The van der Waals surface area contributed by atoms with Gasteiger partial charge in [-0.1, -0.05) is 6.07 Å². The van der Waals surface area contributed by atoms with Gasteiger partial charge in [0.05, 0.1) is 22.8 Å². The van der Waals surface area contributed by atoms with Gasteiger partial charge in [0, 0.05) is 36.5 Å². The molecular weight excluding hydrogens is 439 g/mol. The second-order valence-electron chi connectivity index (χ2n) is 8.32. The van der Waals surface area contributed by atoms with Crippen LogP contribution in [-0.4, -0.2) is 43.0 Å². The Morgan fingerprint density at radius 1 is 1.18 bits per heavy atom. The molecule has 0 aliphatic carbocycles. The molecule has 0 spiro atoms. The number of aromatic amines is 2. The molecule has 4 heterocycles. The highest BCUT2D eigenvalue weighted by atomic mass is 19.1. The fourth-order valence-corrected chi connectivity index (χ4v) is 4.43. The minimum Gasteiger partial charge on any atom is -0.338 e. The van der Waals surface area contributed by atoms with Crippen LogP contribution in [0.1, 0.15) is 41.4 Å². The van der Waals surface area contributed by atoms with E-state index in [-0.39, 0.29) is 29.9 Å². The van der Waals surface area contributed by atoms with Gasteiger partial charge in [-0.15, -0.1) is 0 Å². The van der Waals surface area contributed by atoms with Crippen molar-refractivity contribution < 1.29 is 14.0 Å². The molecular formula is C24H23FN6O3. The number of carbonyl (C=O) groups is 2. The lowest BCUT2D eigenvalue weighted by Gasteiger charge is -2.35. The first kappa shape index (κ1) is 21.6. The number of piperidine rings is 1. The van der Waals surface area contributed by atoms with E-state index >= 15 is 0 Å². The van der Waals surface area contributed by atoms with Crippen molar-refractivity contribution in [1.82, 2.24) is 24.6 Å². The Balaban J connectivity index is 1.31. The van der Waals surface area contributed by atoms with Crippen LogP contribution in [0.15, 0.2) is 59.7 Å². The van der Waals surface area contributed by atoms with Crippen molar-refractivity contribution in [3.8, 4) is 0 Å². The van der Waals surface area contributed by atoms with E-state index in [0.717, 1.165) is 25.0 Å². The zero-order chi connectivity index (χ0) is 23.7. The highest BCUT2D eigenvalue weighted by Gasteiger charge is 2.30. The number of anilines is 1. The predicted molar refractivity (Wildman–Crippen MR) is 124 cm³/mol. The summed E-state index contributed by atoms with van der Waals surface area (Å²) in [5.74, 6) is -0.457. The van der Waals surface area contributed by atoms with E-state index in [1.165, 1.54) is 24.4 Å². The number of rotatable bonds is 5. The van der Waals surface area contributed by atoms with Gasteiger partial charge >= 0.3 is 0 Å². The Labute approximate surface area is 193 Å². The van der Waals surface area contributed by atoms with Gasteiger partial charge < -0.3 is 19.8 Å². The van der Waals surface area contributed by atoms with Crippen molar-refractivity contribution in [2.75, 3.05) is 11.9 Å². The maximum atomic E-state index is 14.0. The number of H-pyrrole nitrogens is 2. The number of pyridine rings is 1. The van der Waals surface area contributed by atoms with Gasteiger partial charge in [-0.3, -0.25) is 19.5 Å². The number of halogens is 1. The van der Waals surface area contributed by atoms with E-state index in [2.05, 4.69) is 20.5 Å². The fraction of sp³-hybridized carbons (Fsp3) is 0.250. The van der Waals surface area contributed by atoms with Crippen molar-refractivity contribution in [1.29, 1.82) is 0 Å². The molecule has 3 aromatic heterocycles. The van der Waals surface area contributed by atoms with Gasteiger partial charge in [-0.2, -0.15) is 5.10 Å². The molecule has 1 saturated heterocycles. The van der Waals surface area contributed by atoms with Gasteiger partial charge in [0.15, 0.2) is 5.82 Å². The molecule has 2 amide bonds. The number of aromatic nitrogens is 4. The lowest BCUT2D eigenvalue weighted by molar-refractivity contribution is -0.135. The normalized spacial score (nSPS) is 16.0. The summed E-state index contributed by atoms with van der Waals surface area (Å²) in [5.41, 5.74) is 1.41. The van der Waals surface area contributed by atoms with Gasteiger partial charge in [0.25, 0.3) is 5.91 Å². The van der Waals surface area contributed by atoms with Gasteiger partial charge in [-0.25, -0.2) is 4.39 Å². The minimum absolute atomic E-state index is 0.0695. The first-order valence-electron chi connectivity index (χ1n) is 11.1. The average molecular weight is 462 g/mol. The van der Waals surface area contributed by atoms with Crippen LogP contribution < -0.4 is 10.9 Å². The van der Waals surface area contributed by atoms with Crippen molar-refractivity contribution in [2.45, 2.75) is 31.8 Å². The zero-order valence-corrected chi connectivity index (χ0v) is 18.3. The molecule has 34 heavy (non-hydrogen) atoms. The summed E-state index contributed by atoms with van der Waals surface area (Å²) >= 11 is 0. The number of fused-ring (bicyclic) bond motifs is 1. The van der Waals surface area contributed by atoms with Gasteiger partial charge in [-0.05, 0) is 43.5 Å². The number of hydrogen-bond donors (Lipinski definition) is 3. The zero-order valence-electron chi connectivity index (χ0n) is 18.3. The highest BCUT2D eigenvalue weighted by molar-refractivity contribution is 6.03. The number of benzene rings is 1. The van der Waals surface area contributed by atoms with E-state index in [9.17, 15) is 18.8 Å². The molecule has 1 atom stereocenters. The molecule has 1 unspecified atom stereocenters. The molecule has 1 aliphatic rings. The lowest BCUT2D eigenvalue weighted by Crippen LogP contribution is -2.40. The fourth-order valence-electron chi connectivity index (χ4n) is 4.43. The molecule has 4 aromatic rings. The first-order chi connectivity index (χ1) is 16.5. The maximum Gasteiger partial charge on any atom is 0.258 e. The number of nitrogens with one attached hydrogen (secondary N) is 3. The second-order valence-corrected chi connectivity index (χ2v) is 8.32. The van der Waals surface area contributed by atoms with Crippen molar-refractivity contribution in [3.63, 3.8) is 0 Å². The van der Waals surface area contributed by atoms with Gasteiger partial charge in [0.1, 0.15) is 12.4 Å². The standard InChI is InChI=1S/C24H23FN6O3/c25-17-4-3-6-19-16(17)9-11-30(19)14-23(33)31-10-2-1-5-20(31)18-12-21(29-28-18)27-24(34)15-7-8-22(32)26-13-15/h3-4,6-9,11-13,20H,1-2,5,10,14H2,(H,26,32)(H2,27,28,29,34). The van der Waals surface area contributed by atoms with Crippen molar-refractivity contribution >= 4 is 28.5 Å². The molecule has 9 nitrogen and oxygen atoms in total. The van der Waals surface area contributed by atoms with E-state index in [4.69, 9.17) is 0 Å². The summed E-state index contributed by atoms with van der Waals surface area (Å²) < 4.78 is 15.8. The quantitative estimate of drug-likeness (QED) is 0.422. The smallest absolute Gasteiger partial charge is 0.258 e. The summed E-state index contributed by atoms with van der Waals surface area (Å²) in [4.78, 5) is 41.1. The SMILES string of the molecule is O=C(Nc1cc(C2CCCCN2C(=O)Cn2ccc3c(F)cccc32)[nH]n1)c1ccc(=O)[nH]c1. The van der Waals surface area contributed by atoms with E-state index in [1.807, 2.05) is 4.90 Å².